The molecule has 3 nitrogen and oxygen atoms in total. The van der Waals surface area contributed by atoms with E-state index in [1.165, 1.54) is 18.2 Å². The number of hydrogen-bond acceptors (Lipinski definition) is 3. The van der Waals surface area contributed by atoms with Gasteiger partial charge in [0.05, 0.1) is 11.8 Å². The first kappa shape index (κ1) is 12.8. The zero-order valence-corrected chi connectivity index (χ0v) is 9.84. The van der Waals surface area contributed by atoms with E-state index < -0.39 is 11.8 Å². The lowest BCUT2D eigenvalue weighted by atomic mass is 10.3. The van der Waals surface area contributed by atoms with E-state index in [9.17, 15) is 9.18 Å². The summed E-state index contributed by atoms with van der Waals surface area (Å²) in [5.74, 6) is -0.892. The van der Waals surface area contributed by atoms with E-state index in [2.05, 4.69) is 5.32 Å². The van der Waals surface area contributed by atoms with Gasteiger partial charge in [-0.15, -0.1) is 0 Å². The van der Waals surface area contributed by atoms with Crippen molar-refractivity contribution >= 4 is 23.3 Å². The van der Waals surface area contributed by atoms with Gasteiger partial charge in [-0.2, -0.15) is 0 Å². The standard InChI is InChI=1S/C11H13ClFNO2/c1-7(2)16-11(15)6-14-10-5-8(12)3-4-9(10)13/h3-5,7,14H,6H2,1-2H3. The van der Waals surface area contributed by atoms with E-state index in [4.69, 9.17) is 16.3 Å². The number of rotatable bonds is 4. The Morgan fingerprint density at radius 2 is 2.25 bits per heavy atom. The van der Waals surface area contributed by atoms with Crippen molar-refractivity contribution in [3.63, 3.8) is 0 Å². The molecule has 0 spiro atoms. The van der Waals surface area contributed by atoms with E-state index in [0.717, 1.165) is 0 Å². The van der Waals surface area contributed by atoms with Crippen LogP contribution >= 0.6 is 11.6 Å². The summed E-state index contributed by atoms with van der Waals surface area (Å²) in [6.45, 7) is 3.41. The third kappa shape index (κ3) is 4.06. The molecule has 0 heterocycles. The van der Waals surface area contributed by atoms with Gasteiger partial charge in [0.25, 0.3) is 0 Å². The molecule has 88 valence electrons. The Bertz CT molecular complexity index is 382. The van der Waals surface area contributed by atoms with Gasteiger partial charge < -0.3 is 10.1 Å². The average Bonchev–Trinajstić information content (AvgIpc) is 2.18. The normalized spacial score (nSPS) is 10.3. The Hall–Kier alpha value is -1.29. The van der Waals surface area contributed by atoms with Crippen molar-refractivity contribution < 1.29 is 13.9 Å². The lowest BCUT2D eigenvalue weighted by molar-refractivity contribution is -0.145. The first-order valence-electron chi connectivity index (χ1n) is 4.87. The zero-order valence-electron chi connectivity index (χ0n) is 9.09. The summed E-state index contributed by atoms with van der Waals surface area (Å²) in [7, 11) is 0. The van der Waals surface area contributed by atoms with Crippen molar-refractivity contribution in [1.29, 1.82) is 0 Å². The molecule has 0 aromatic heterocycles. The maximum Gasteiger partial charge on any atom is 0.325 e. The number of ether oxygens (including phenoxy) is 1. The van der Waals surface area contributed by atoms with Crippen LogP contribution in [-0.2, 0) is 9.53 Å². The van der Waals surface area contributed by atoms with E-state index in [-0.39, 0.29) is 18.3 Å². The minimum Gasteiger partial charge on any atom is -0.462 e. The fourth-order valence-electron chi connectivity index (χ4n) is 1.10. The Morgan fingerprint density at radius 3 is 2.88 bits per heavy atom. The van der Waals surface area contributed by atoms with Crippen LogP contribution in [-0.4, -0.2) is 18.6 Å². The molecule has 1 rings (SSSR count). The molecule has 0 aliphatic heterocycles. The summed E-state index contributed by atoms with van der Waals surface area (Å²) in [6.07, 6.45) is -0.182. The molecule has 0 bridgehead atoms. The van der Waals surface area contributed by atoms with Crippen LogP contribution in [0.5, 0.6) is 0 Å². The van der Waals surface area contributed by atoms with Crippen LogP contribution in [0.2, 0.25) is 5.02 Å². The summed E-state index contributed by atoms with van der Waals surface area (Å²) < 4.78 is 18.1. The Balaban J connectivity index is 2.54. The predicted octanol–water partition coefficient (Wildman–Crippen LogP) is 2.84. The number of esters is 1. The van der Waals surface area contributed by atoms with Gasteiger partial charge >= 0.3 is 5.97 Å². The molecular formula is C11H13ClFNO2. The first-order valence-corrected chi connectivity index (χ1v) is 5.25. The van der Waals surface area contributed by atoms with Crippen LogP contribution in [0.4, 0.5) is 10.1 Å². The van der Waals surface area contributed by atoms with Gasteiger partial charge in [-0.05, 0) is 32.0 Å². The van der Waals surface area contributed by atoms with Crippen molar-refractivity contribution in [2.24, 2.45) is 0 Å². The first-order chi connectivity index (χ1) is 7.49. The molecule has 0 amide bonds. The van der Waals surface area contributed by atoms with Crippen molar-refractivity contribution in [3.05, 3.63) is 29.0 Å². The van der Waals surface area contributed by atoms with Crippen molar-refractivity contribution in [1.82, 2.24) is 0 Å². The molecule has 0 aliphatic rings. The number of halogens is 2. The number of hydrogen-bond donors (Lipinski definition) is 1. The number of carbonyl (C=O) groups excluding carboxylic acids is 1. The Morgan fingerprint density at radius 1 is 1.56 bits per heavy atom. The van der Waals surface area contributed by atoms with Crippen LogP contribution in [0, 0.1) is 5.82 Å². The van der Waals surface area contributed by atoms with Gasteiger partial charge in [0.2, 0.25) is 0 Å². The summed E-state index contributed by atoms with van der Waals surface area (Å²) in [6, 6.07) is 4.09. The molecule has 0 saturated heterocycles. The van der Waals surface area contributed by atoms with Gasteiger partial charge in [-0.3, -0.25) is 4.79 Å². The minimum absolute atomic E-state index is 0.0879. The summed E-state index contributed by atoms with van der Waals surface area (Å²) in [4.78, 5) is 11.2. The van der Waals surface area contributed by atoms with Crippen molar-refractivity contribution in [2.75, 3.05) is 11.9 Å². The third-order valence-electron chi connectivity index (χ3n) is 1.72. The van der Waals surface area contributed by atoms with Gasteiger partial charge in [0.15, 0.2) is 0 Å². The highest BCUT2D eigenvalue weighted by Crippen LogP contribution is 2.19. The summed E-state index contributed by atoms with van der Waals surface area (Å²) in [5, 5.41) is 3.03. The second kappa shape index (κ2) is 5.70. The quantitative estimate of drug-likeness (QED) is 0.829. The summed E-state index contributed by atoms with van der Waals surface area (Å²) in [5.41, 5.74) is 0.188. The molecule has 0 unspecified atom stereocenters. The van der Waals surface area contributed by atoms with Gasteiger partial charge in [-0.1, -0.05) is 11.6 Å². The Labute approximate surface area is 98.5 Å². The number of benzene rings is 1. The molecule has 0 saturated carbocycles. The van der Waals surface area contributed by atoms with Crippen LogP contribution < -0.4 is 5.32 Å². The highest BCUT2D eigenvalue weighted by Gasteiger charge is 2.07. The van der Waals surface area contributed by atoms with Crippen LogP contribution in [0.25, 0.3) is 0 Å². The predicted molar refractivity (Wildman–Crippen MR) is 61.1 cm³/mol. The van der Waals surface area contributed by atoms with Crippen molar-refractivity contribution in [3.8, 4) is 0 Å². The second-order valence-corrected chi connectivity index (χ2v) is 3.95. The van der Waals surface area contributed by atoms with E-state index in [1.54, 1.807) is 13.8 Å². The maximum atomic E-state index is 13.2. The molecule has 0 radical (unpaired) electrons. The van der Waals surface area contributed by atoms with Gasteiger partial charge in [0, 0.05) is 5.02 Å². The molecule has 5 heteroatoms. The number of anilines is 1. The molecule has 1 aromatic carbocycles. The van der Waals surface area contributed by atoms with Crippen LogP contribution in [0.15, 0.2) is 18.2 Å². The zero-order chi connectivity index (χ0) is 12.1. The monoisotopic (exact) mass is 245 g/mol. The lowest BCUT2D eigenvalue weighted by Gasteiger charge is -2.10. The average molecular weight is 246 g/mol. The summed E-state index contributed by atoms with van der Waals surface area (Å²) >= 11 is 5.69. The number of carbonyl (C=O) groups is 1. The fourth-order valence-corrected chi connectivity index (χ4v) is 1.28. The van der Waals surface area contributed by atoms with Gasteiger partial charge in [-0.25, -0.2) is 4.39 Å². The van der Waals surface area contributed by atoms with Crippen molar-refractivity contribution in [2.45, 2.75) is 20.0 Å². The molecule has 1 N–H and O–H groups in total. The smallest absolute Gasteiger partial charge is 0.325 e. The lowest BCUT2D eigenvalue weighted by Crippen LogP contribution is -2.20. The Kier molecular flexibility index (Phi) is 4.55. The third-order valence-corrected chi connectivity index (χ3v) is 1.95. The van der Waals surface area contributed by atoms with Crippen LogP contribution in [0.3, 0.4) is 0 Å². The topological polar surface area (TPSA) is 38.3 Å². The van der Waals surface area contributed by atoms with E-state index in [0.29, 0.717) is 5.02 Å². The van der Waals surface area contributed by atoms with E-state index in [1.807, 2.05) is 0 Å². The SMILES string of the molecule is CC(C)OC(=O)CNc1cc(Cl)ccc1F. The molecule has 1 aromatic rings. The maximum absolute atomic E-state index is 13.2. The highest BCUT2D eigenvalue weighted by atomic mass is 35.5. The largest absolute Gasteiger partial charge is 0.462 e. The molecule has 16 heavy (non-hydrogen) atoms. The molecule has 0 atom stereocenters. The minimum atomic E-state index is -0.457. The van der Waals surface area contributed by atoms with Gasteiger partial charge in [0.1, 0.15) is 12.4 Å². The van der Waals surface area contributed by atoms with Crippen LogP contribution in [0.1, 0.15) is 13.8 Å². The van der Waals surface area contributed by atoms with E-state index >= 15 is 0 Å². The number of nitrogens with one attached hydrogen (secondary N) is 1. The molecule has 0 aliphatic carbocycles. The second-order valence-electron chi connectivity index (χ2n) is 3.52. The fraction of sp³-hybridized carbons (Fsp3) is 0.364. The molecular weight excluding hydrogens is 233 g/mol. The molecule has 0 fully saturated rings. The highest BCUT2D eigenvalue weighted by molar-refractivity contribution is 6.30.